The number of carbonyl (C=O) groups is 2. The van der Waals surface area contributed by atoms with E-state index in [-0.39, 0.29) is 6.10 Å². The van der Waals surface area contributed by atoms with Crippen LogP contribution >= 0.6 is 11.3 Å². The Kier molecular flexibility index (Phi) is 12.1. The molecule has 10 nitrogen and oxygen atoms in total. The first kappa shape index (κ1) is 30.3. The average molecular weight is 536 g/mol. The molecule has 0 amide bonds. The number of thiazole rings is 1. The Labute approximate surface area is 198 Å². The Balaban J connectivity index is 0.000000362. The van der Waals surface area contributed by atoms with Crippen LogP contribution in [0.5, 0.6) is 0 Å². The molecule has 0 saturated carbocycles. The Morgan fingerprint density at radius 2 is 1.83 bits per heavy atom. The first-order valence-electron chi connectivity index (χ1n) is 9.61. The van der Waals surface area contributed by atoms with Crippen molar-refractivity contribution in [3.05, 3.63) is 34.0 Å². The van der Waals surface area contributed by atoms with Crippen LogP contribution in [0.3, 0.4) is 0 Å². The molecule has 1 unspecified atom stereocenters. The van der Waals surface area contributed by atoms with Crippen LogP contribution in [-0.2, 0) is 38.6 Å². The maximum absolute atomic E-state index is 10.6. The van der Waals surface area contributed by atoms with Gasteiger partial charge in [-0.15, -0.1) is 11.3 Å². The number of rotatable bonds is 7. The van der Waals surface area contributed by atoms with Crippen molar-refractivity contribution < 1.29 is 55.6 Å². The second kappa shape index (κ2) is 14.0. The fourth-order valence-electron chi connectivity index (χ4n) is 2.44. The molecule has 1 aliphatic rings. The second-order valence-electron chi connectivity index (χ2n) is 6.57. The number of hydrogen-bond donors (Lipinski definition) is 3. The zero-order chi connectivity index (χ0) is 26.6. The predicted octanol–water partition coefficient (Wildman–Crippen LogP) is 2.66. The molecule has 0 radical (unpaired) electrons. The molecule has 17 heteroatoms. The van der Waals surface area contributed by atoms with Crippen LogP contribution in [0.1, 0.15) is 22.4 Å². The molecule has 0 bridgehead atoms. The minimum absolute atomic E-state index is 0.0255. The minimum atomic E-state index is -5.08. The smallest absolute Gasteiger partial charge is 0.475 e. The summed E-state index contributed by atoms with van der Waals surface area (Å²) in [6.45, 7) is 3.74. The third-order valence-corrected chi connectivity index (χ3v) is 4.74. The Morgan fingerprint density at radius 3 is 2.31 bits per heavy atom. The molecule has 3 N–H and O–H groups in total. The molecule has 3 heterocycles. The quantitative estimate of drug-likeness (QED) is 0.457. The number of hydrogen-bond acceptors (Lipinski definition) is 8. The number of aromatic nitrogens is 3. The lowest BCUT2D eigenvalue weighted by atomic mass is 10.1. The molecule has 0 saturated heterocycles. The third kappa shape index (κ3) is 11.5. The molecule has 2 aromatic heterocycles. The van der Waals surface area contributed by atoms with E-state index in [0.29, 0.717) is 6.61 Å². The van der Waals surface area contributed by atoms with Crippen molar-refractivity contribution in [2.24, 2.45) is 0 Å². The number of halogens is 6. The van der Waals surface area contributed by atoms with Crippen molar-refractivity contribution in [1.29, 1.82) is 0 Å². The Bertz CT molecular complexity index is 896. The highest BCUT2D eigenvalue weighted by molar-refractivity contribution is 7.09. The van der Waals surface area contributed by atoms with E-state index in [2.05, 4.69) is 21.6 Å². The maximum atomic E-state index is 10.6. The predicted molar refractivity (Wildman–Crippen MR) is 108 cm³/mol. The summed E-state index contributed by atoms with van der Waals surface area (Å²) >= 11 is 1.66. The zero-order valence-electron chi connectivity index (χ0n) is 18.1. The van der Waals surface area contributed by atoms with Gasteiger partial charge in [-0.25, -0.2) is 14.6 Å². The Morgan fingerprint density at radius 1 is 1.23 bits per heavy atom. The number of nitrogens with zero attached hydrogens (tertiary/aromatic N) is 3. The van der Waals surface area contributed by atoms with Gasteiger partial charge in [0.05, 0.1) is 25.5 Å². The van der Waals surface area contributed by atoms with Crippen molar-refractivity contribution in [3.8, 4) is 0 Å². The lowest BCUT2D eigenvalue weighted by molar-refractivity contribution is -0.193. The first-order chi connectivity index (χ1) is 16.3. The van der Waals surface area contributed by atoms with Crippen molar-refractivity contribution >= 4 is 23.3 Å². The molecule has 0 spiro atoms. The van der Waals surface area contributed by atoms with Crippen molar-refractivity contribution in [2.75, 3.05) is 26.9 Å². The summed E-state index contributed by atoms with van der Waals surface area (Å²) in [6, 6.07) is 0. The van der Waals surface area contributed by atoms with Crippen LogP contribution in [0.4, 0.5) is 26.3 Å². The van der Waals surface area contributed by atoms with Crippen LogP contribution in [-0.4, -0.2) is 76.1 Å². The average Bonchev–Trinajstić information content (AvgIpc) is 3.41. The summed E-state index contributed by atoms with van der Waals surface area (Å²) in [5.74, 6) is -5.51. The number of nitrogens with one attached hydrogen (secondary N) is 1. The topological polar surface area (TPSA) is 136 Å². The molecule has 1 aliphatic heterocycles. The molecule has 0 aromatic carbocycles. The number of methoxy groups -OCH3 is 1. The van der Waals surface area contributed by atoms with E-state index in [1.165, 1.54) is 5.56 Å². The summed E-state index contributed by atoms with van der Waals surface area (Å²) in [7, 11) is 1.71. The van der Waals surface area contributed by atoms with Gasteiger partial charge in [-0.1, -0.05) is 0 Å². The molecule has 198 valence electrons. The van der Waals surface area contributed by atoms with Crippen LogP contribution in [0, 0.1) is 0 Å². The van der Waals surface area contributed by atoms with Gasteiger partial charge in [0.15, 0.2) is 0 Å². The van der Waals surface area contributed by atoms with Crippen LogP contribution < -0.4 is 5.32 Å². The number of aliphatic carboxylic acids is 2. The van der Waals surface area contributed by atoms with Crippen molar-refractivity contribution in [2.45, 2.75) is 38.0 Å². The second-order valence-corrected chi connectivity index (χ2v) is 7.55. The van der Waals surface area contributed by atoms with Gasteiger partial charge in [-0.2, -0.15) is 31.4 Å². The van der Waals surface area contributed by atoms with Gasteiger partial charge < -0.3 is 25.0 Å². The van der Waals surface area contributed by atoms with Gasteiger partial charge in [0.25, 0.3) is 0 Å². The molecular formula is C18H22F6N4O6S. The lowest BCUT2D eigenvalue weighted by Crippen LogP contribution is -2.27. The summed E-state index contributed by atoms with van der Waals surface area (Å²) in [4.78, 5) is 22.1. The SMILES string of the molecule is COCCn1cc2c(n1)C(CNCc1nccs1)OCC2.O=C(O)C(F)(F)F.O=C(O)C(F)(F)F. The van der Waals surface area contributed by atoms with Crippen molar-refractivity contribution in [3.63, 3.8) is 0 Å². The van der Waals surface area contributed by atoms with E-state index in [9.17, 15) is 26.3 Å². The van der Waals surface area contributed by atoms with Gasteiger partial charge in [-0.05, 0) is 12.0 Å². The van der Waals surface area contributed by atoms with Crippen LogP contribution in [0.15, 0.2) is 17.8 Å². The molecule has 2 aromatic rings. The molecule has 35 heavy (non-hydrogen) atoms. The summed E-state index contributed by atoms with van der Waals surface area (Å²) in [6.07, 6.45) is -5.26. The Hall–Kier alpha value is -2.76. The number of carboxylic acids is 2. The molecule has 3 rings (SSSR count). The van der Waals surface area contributed by atoms with Crippen molar-refractivity contribution in [1.82, 2.24) is 20.1 Å². The van der Waals surface area contributed by atoms with Gasteiger partial charge >= 0.3 is 24.3 Å². The largest absolute Gasteiger partial charge is 0.490 e. The van der Waals surface area contributed by atoms with E-state index in [4.69, 9.17) is 29.3 Å². The molecule has 0 aliphatic carbocycles. The standard InChI is InChI=1S/C14H20N4O2S.2C2HF3O2/c1-19-6-4-18-10-11-2-5-20-12(14(11)17-18)8-15-9-13-16-3-7-21-13;2*3-2(4,5)1(6)7/h3,7,10,12,15H,2,4-6,8-9H2,1H3;2*(H,6,7). The normalized spacial score (nSPS) is 15.2. The number of carboxylic acid groups (broad SMARTS) is 2. The van der Waals surface area contributed by atoms with E-state index < -0.39 is 24.3 Å². The molecular weight excluding hydrogens is 514 g/mol. The molecule has 0 fully saturated rings. The fraction of sp³-hybridized carbons (Fsp3) is 0.556. The zero-order valence-corrected chi connectivity index (χ0v) is 18.9. The van der Waals surface area contributed by atoms with Gasteiger partial charge in [-0.3, -0.25) is 4.68 Å². The number of ether oxygens (including phenoxy) is 2. The summed E-state index contributed by atoms with van der Waals surface area (Å²) in [5, 5.41) is 25.4. The van der Waals surface area contributed by atoms with Crippen LogP contribution in [0.25, 0.3) is 0 Å². The van der Waals surface area contributed by atoms with Gasteiger partial charge in [0.2, 0.25) is 0 Å². The maximum Gasteiger partial charge on any atom is 0.490 e. The van der Waals surface area contributed by atoms with E-state index in [1.807, 2.05) is 16.3 Å². The summed E-state index contributed by atoms with van der Waals surface area (Å²) < 4.78 is 76.4. The highest BCUT2D eigenvalue weighted by Crippen LogP contribution is 2.25. The number of alkyl halides is 6. The number of fused-ring (bicyclic) bond motifs is 1. The highest BCUT2D eigenvalue weighted by Gasteiger charge is 2.38. The van der Waals surface area contributed by atoms with Gasteiger partial charge in [0.1, 0.15) is 11.1 Å². The minimum Gasteiger partial charge on any atom is -0.475 e. The van der Waals surface area contributed by atoms with Crippen LogP contribution in [0.2, 0.25) is 0 Å². The lowest BCUT2D eigenvalue weighted by Gasteiger charge is -2.22. The van der Waals surface area contributed by atoms with E-state index >= 15 is 0 Å². The van der Waals surface area contributed by atoms with E-state index in [1.54, 1.807) is 18.4 Å². The van der Waals surface area contributed by atoms with E-state index in [0.717, 1.165) is 43.4 Å². The third-order valence-electron chi connectivity index (χ3n) is 3.96. The highest BCUT2D eigenvalue weighted by atomic mass is 32.1. The van der Waals surface area contributed by atoms with Gasteiger partial charge in [0, 0.05) is 38.0 Å². The molecule has 1 atom stereocenters. The monoisotopic (exact) mass is 536 g/mol. The fourth-order valence-corrected chi connectivity index (χ4v) is 3.02. The summed E-state index contributed by atoms with van der Waals surface area (Å²) in [5.41, 5.74) is 2.35. The first-order valence-corrected chi connectivity index (χ1v) is 10.5.